The molecule has 2 heterocycles. The summed E-state index contributed by atoms with van der Waals surface area (Å²) >= 11 is 0. The predicted molar refractivity (Wildman–Crippen MR) is 153 cm³/mol. The summed E-state index contributed by atoms with van der Waals surface area (Å²) in [4.78, 5) is 28.6. The number of carbonyl (C=O) groups is 2. The number of ether oxygens (including phenoxy) is 1. The van der Waals surface area contributed by atoms with Crippen molar-refractivity contribution in [3.63, 3.8) is 0 Å². The quantitative estimate of drug-likeness (QED) is 0.366. The maximum Gasteiger partial charge on any atom is 0.418 e. The Balaban J connectivity index is 1.17. The lowest BCUT2D eigenvalue weighted by molar-refractivity contribution is 0.157. The van der Waals surface area contributed by atoms with Gasteiger partial charge in [-0.25, -0.2) is 31.7 Å². The Morgan fingerprint density at radius 3 is 2.29 bits per heavy atom. The van der Waals surface area contributed by atoms with Gasteiger partial charge in [0.2, 0.25) is 0 Å². The number of carbonyl (C=O) groups excluding carboxylic acids is 2. The number of rotatable bonds is 8. The van der Waals surface area contributed by atoms with Crippen LogP contribution in [-0.4, -0.2) is 69.4 Å². The average Bonchev–Trinajstić information content (AvgIpc) is 3.38. The smallest absolute Gasteiger partial charge is 0.418 e. The molecule has 0 radical (unpaired) electrons. The molecule has 2 saturated heterocycles. The van der Waals surface area contributed by atoms with E-state index in [1.54, 1.807) is 12.1 Å². The summed E-state index contributed by atoms with van der Waals surface area (Å²) in [7, 11) is -3.29. The molecular formula is C31H33F2N3O5S. The number of benzene rings is 3. The Bertz CT molecular complexity index is 1540. The number of amides is 3. The van der Waals surface area contributed by atoms with Gasteiger partial charge in [0, 0.05) is 18.2 Å². The van der Waals surface area contributed by atoms with Gasteiger partial charge in [0.15, 0.2) is 21.5 Å². The summed E-state index contributed by atoms with van der Waals surface area (Å²) in [5.74, 6) is -2.07. The molecule has 1 N–H and O–H groups in total. The minimum atomic E-state index is -3.29. The van der Waals surface area contributed by atoms with Gasteiger partial charge in [0.1, 0.15) is 12.6 Å². The van der Waals surface area contributed by atoms with Crippen molar-refractivity contribution < 1.29 is 31.5 Å². The number of urea groups is 1. The second-order valence-electron chi connectivity index (χ2n) is 10.8. The summed E-state index contributed by atoms with van der Waals surface area (Å²) in [6.45, 7) is 2.54. The van der Waals surface area contributed by atoms with Crippen molar-refractivity contribution in [3.05, 3.63) is 101 Å². The number of piperidine rings is 1. The van der Waals surface area contributed by atoms with Gasteiger partial charge in [-0.1, -0.05) is 48.5 Å². The highest BCUT2D eigenvalue weighted by atomic mass is 32.2. The molecule has 3 aromatic carbocycles. The highest BCUT2D eigenvalue weighted by Crippen LogP contribution is 2.42. The van der Waals surface area contributed by atoms with E-state index >= 15 is 0 Å². The van der Waals surface area contributed by atoms with Crippen LogP contribution in [0.1, 0.15) is 42.0 Å². The molecule has 3 aromatic rings. The number of nitrogens with zero attached hydrogens (tertiary/aromatic N) is 2. The highest BCUT2D eigenvalue weighted by molar-refractivity contribution is 7.90. The van der Waals surface area contributed by atoms with Crippen LogP contribution in [0.25, 0.3) is 0 Å². The topological polar surface area (TPSA) is 96.0 Å². The molecule has 0 aliphatic carbocycles. The zero-order valence-corrected chi connectivity index (χ0v) is 24.1. The highest BCUT2D eigenvalue weighted by Gasteiger charge is 2.40. The van der Waals surface area contributed by atoms with Crippen molar-refractivity contribution in [2.24, 2.45) is 0 Å². The minimum absolute atomic E-state index is 0.134. The SMILES string of the molecule is CS(=O)(=O)c1ccc(C2(c3ccccc3)CCN(CCCNC(=O)N3C(=O)OCC3c3ccc(F)c(F)c3)CC2)cc1. The van der Waals surface area contributed by atoms with Crippen LogP contribution in [0.15, 0.2) is 77.7 Å². The number of hydrogen-bond donors (Lipinski definition) is 1. The van der Waals surface area contributed by atoms with Gasteiger partial charge >= 0.3 is 12.1 Å². The molecule has 2 aliphatic heterocycles. The van der Waals surface area contributed by atoms with Crippen LogP contribution >= 0.6 is 0 Å². The second-order valence-corrected chi connectivity index (χ2v) is 12.8. The zero-order chi connectivity index (χ0) is 29.9. The second kappa shape index (κ2) is 12.2. The molecule has 0 saturated carbocycles. The summed E-state index contributed by atoms with van der Waals surface area (Å²) in [5.41, 5.74) is 2.31. The first kappa shape index (κ1) is 29.7. The maximum absolute atomic E-state index is 13.7. The number of nitrogens with one attached hydrogen (secondary N) is 1. The summed E-state index contributed by atoms with van der Waals surface area (Å²) in [5, 5.41) is 2.75. The van der Waals surface area contributed by atoms with Gasteiger partial charge in [-0.3, -0.25) is 0 Å². The van der Waals surface area contributed by atoms with E-state index in [0.717, 1.165) is 55.1 Å². The van der Waals surface area contributed by atoms with E-state index in [0.29, 0.717) is 17.9 Å². The molecule has 3 amide bonds. The van der Waals surface area contributed by atoms with Crippen LogP contribution in [0.2, 0.25) is 0 Å². The lowest BCUT2D eigenvalue weighted by Gasteiger charge is -2.43. The van der Waals surface area contributed by atoms with Crippen molar-refractivity contribution in [2.45, 2.75) is 35.6 Å². The molecular weight excluding hydrogens is 564 g/mol. The Morgan fingerprint density at radius 1 is 0.976 bits per heavy atom. The molecule has 2 aliphatic rings. The van der Waals surface area contributed by atoms with Gasteiger partial charge in [0.05, 0.1) is 4.90 Å². The van der Waals surface area contributed by atoms with Gasteiger partial charge in [-0.05, 0) is 79.9 Å². The Hall–Kier alpha value is -3.83. The normalized spacial score (nSPS) is 19.0. The number of sulfone groups is 1. The van der Waals surface area contributed by atoms with Crippen molar-refractivity contribution in [3.8, 4) is 0 Å². The van der Waals surface area contributed by atoms with E-state index in [-0.39, 0.29) is 17.6 Å². The zero-order valence-electron chi connectivity index (χ0n) is 23.3. The molecule has 5 rings (SSSR count). The van der Waals surface area contributed by atoms with Crippen LogP contribution in [0.4, 0.5) is 18.4 Å². The van der Waals surface area contributed by atoms with Gasteiger partial charge < -0.3 is 15.0 Å². The lowest BCUT2D eigenvalue weighted by atomic mass is 9.68. The van der Waals surface area contributed by atoms with Crippen molar-refractivity contribution in [2.75, 3.05) is 39.0 Å². The molecule has 2 fully saturated rings. The fourth-order valence-corrected chi connectivity index (χ4v) is 6.51. The van der Waals surface area contributed by atoms with E-state index in [2.05, 4.69) is 22.3 Å². The van der Waals surface area contributed by atoms with Crippen LogP contribution < -0.4 is 5.32 Å². The number of hydrogen-bond acceptors (Lipinski definition) is 6. The number of likely N-dealkylation sites (tertiary alicyclic amines) is 1. The van der Waals surface area contributed by atoms with Crippen LogP contribution in [0.5, 0.6) is 0 Å². The molecule has 0 aromatic heterocycles. The largest absolute Gasteiger partial charge is 0.446 e. The molecule has 42 heavy (non-hydrogen) atoms. The Kier molecular flexibility index (Phi) is 8.60. The van der Waals surface area contributed by atoms with E-state index < -0.39 is 39.6 Å². The summed E-state index contributed by atoms with van der Waals surface area (Å²) in [6.07, 6.45) is 2.71. The molecule has 11 heteroatoms. The van der Waals surface area contributed by atoms with Crippen molar-refractivity contribution >= 4 is 22.0 Å². The predicted octanol–water partition coefficient (Wildman–Crippen LogP) is 5.04. The Morgan fingerprint density at radius 2 is 1.64 bits per heavy atom. The van der Waals surface area contributed by atoms with E-state index in [1.165, 1.54) is 17.9 Å². The third-order valence-corrected chi connectivity index (χ3v) is 9.35. The number of halogens is 2. The van der Waals surface area contributed by atoms with E-state index in [1.807, 2.05) is 30.3 Å². The van der Waals surface area contributed by atoms with Crippen molar-refractivity contribution in [1.29, 1.82) is 0 Å². The molecule has 1 unspecified atom stereocenters. The molecule has 0 bridgehead atoms. The van der Waals surface area contributed by atoms with Crippen molar-refractivity contribution in [1.82, 2.24) is 15.1 Å². The fraction of sp³-hybridized carbons (Fsp3) is 0.355. The van der Waals surface area contributed by atoms with Gasteiger partial charge in [-0.2, -0.15) is 0 Å². The Labute approximate surface area is 244 Å². The third-order valence-electron chi connectivity index (χ3n) is 8.22. The van der Waals surface area contributed by atoms with Gasteiger partial charge in [0.25, 0.3) is 0 Å². The summed E-state index contributed by atoms with van der Waals surface area (Å²) in [6, 6.07) is 19.2. The van der Waals surface area contributed by atoms with Crippen LogP contribution in [-0.2, 0) is 20.0 Å². The molecule has 8 nitrogen and oxygen atoms in total. The first-order chi connectivity index (χ1) is 20.1. The molecule has 222 valence electrons. The molecule has 0 spiro atoms. The number of imide groups is 1. The summed E-state index contributed by atoms with van der Waals surface area (Å²) < 4.78 is 56.1. The first-order valence-corrected chi connectivity index (χ1v) is 15.7. The number of cyclic esters (lactones) is 1. The minimum Gasteiger partial charge on any atom is -0.446 e. The standard InChI is InChI=1S/C31H33F2N3O5S/c1-42(39,40)25-11-9-24(10-12-25)31(23-6-3-2-4-7-23)14-18-35(19-15-31)17-5-16-34-29(37)36-28(21-41-30(36)38)22-8-13-26(32)27(33)20-22/h2-4,6-13,20,28H,5,14-19,21H2,1H3,(H,34,37). The van der Waals surface area contributed by atoms with E-state index in [9.17, 15) is 26.8 Å². The first-order valence-electron chi connectivity index (χ1n) is 13.9. The van der Waals surface area contributed by atoms with E-state index in [4.69, 9.17) is 4.74 Å². The molecule has 1 atom stereocenters. The van der Waals surface area contributed by atoms with Gasteiger partial charge in [-0.15, -0.1) is 0 Å². The van der Waals surface area contributed by atoms with Crippen LogP contribution in [0.3, 0.4) is 0 Å². The third kappa shape index (κ3) is 6.17. The maximum atomic E-state index is 13.7. The van der Waals surface area contributed by atoms with Crippen LogP contribution in [0, 0.1) is 11.6 Å². The fourth-order valence-electron chi connectivity index (χ4n) is 5.87. The monoisotopic (exact) mass is 597 g/mol. The average molecular weight is 598 g/mol. The lowest BCUT2D eigenvalue weighted by Crippen LogP contribution is -2.45.